The van der Waals surface area contributed by atoms with Crippen molar-refractivity contribution in [2.45, 2.75) is 183 Å². The van der Waals surface area contributed by atoms with Gasteiger partial charge in [0.1, 0.15) is 46.9 Å². The number of hydrogen-bond acceptors (Lipinski definition) is 22. The van der Waals surface area contributed by atoms with E-state index in [9.17, 15) is 27.0 Å². The molecule has 0 spiro atoms. The molecule has 0 atom stereocenters. The fourth-order valence-corrected chi connectivity index (χ4v) is 20.0. The number of aromatic nitrogens is 9. The number of carbonyl (C=O) groups is 3. The van der Waals surface area contributed by atoms with Gasteiger partial charge in [0.25, 0.3) is 0 Å². The van der Waals surface area contributed by atoms with Crippen molar-refractivity contribution in [3.63, 3.8) is 0 Å². The van der Waals surface area contributed by atoms with Crippen LogP contribution in [0.2, 0.25) is 71.6 Å². The fourth-order valence-electron chi connectivity index (χ4n) is 15.8. The van der Waals surface area contributed by atoms with E-state index in [1.165, 1.54) is 20.8 Å². The largest absolute Gasteiger partial charge is 0.494 e. The summed E-state index contributed by atoms with van der Waals surface area (Å²) >= 11 is 25.7. The summed E-state index contributed by atoms with van der Waals surface area (Å²) in [5.74, 6) is 1.49. The maximum absolute atomic E-state index is 12.1. The van der Waals surface area contributed by atoms with Crippen LogP contribution in [0.25, 0.3) is 89.4 Å². The Kier molecular flexibility index (Phi) is 35.9. The van der Waals surface area contributed by atoms with Crippen LogP contribution in [0.5, 0.6) is 35.3 Å². The third-order valence-corrected chi connectivity index (χ3v) is 30.8. The van der Waals surface area contributed by atoms with Crippen LogP contribution in [0, 0.1) is 0 Å². The lowest BCUT2D eigenvalue weighted by Gasteiger charge is -2.32. The molecule has 1 fully saturated rings. The van der Waals surface area contributed by atoms with Crippen molar-refractivity contribution in [1.29, 1.82) is 0 Å². The van der Waals surface area contributed by atoms with Crippen LogP contribution in [-0.2, 0) is 92.4 Å². The van der Waals surface area contributed by atoms with Gasteiger partial charge in [0.2, 0.25) is 17.7 Å². The van der Waals surface area contributed by atoms with Crippen molar-refractivity contribution in [3.05, 3.63) is 273 Å². The summed E-state index contributed by atoms with van der Waals surface area (Å²) in [7, 11) is -9.44. The highest BCUT2D eigenvalue weighted by molar-refractivity contribution is 7.92. The number of hydrogen-bond donors (Lipinski definition) is 4. The van der Waals surface area contributed by atoms with Crippen LogP contribution < -0.4 is 35.6 Å². The molecule has 0 saturated carbocycles. The zero-order valence-corrected chi connectivity index (χ0v) is 96.3. The van der Waals surface area contributed by atoms with Gasteiger partial charge in [0.05, 0.1) is 76.9 Å². The van der Waals surface area contributed by atoms with E-state index >= 15 is 0 Å². The van der Waals surface area contributed by atoms with E-state index in [0.717, 1.165) is 84.4 Å². The Labute approximate surface area is 896 Å². The molecule has 784 valence electrons. The summed E-state index contributed by atoms with van der Waals surface area (Å²) in [6.45, 7) is 40.0. The lowest BCUT2D eigenvalue weighted by atomic mass is 9.78. The van der Waals surface area contributed by atoms with Crippen LogP contribution in [0.15, 0.2) is 250 Å². The number of halogens is 4. The predicted octanol–water partition coefficient (Wildman–Crippen LogP) is 26.9. The highest BCUT2D eigenvalue weighted by Gasteiger charge is 2.52. The Morgan fingerprint density at radius 1 is 0.403 bits per heavy atom. The lowest BCUT2D eigenvalue weighted by molar-refractivity contribution is -0.121. The number of pyridine rings is 3. The van der Waals surface area contributed by atoms with Gasteiger partial charge in [-0.3, -0.25) is 23.5 Å². The Morgan fingerprint density at radius 3 is 1.04 bits per heavy atom. The molecule has 3 amide bonds. The zero-order valence-electron chi connectivity index (χ0n) is 88.8. The summed E-state index contributed by atoms with van der Waals surface area (Å²) in [6.07, 6.45) is 9.74. The van der Waals surface area contributed by atoms with Crippen molar-refractivity contribution in [3.8, 4) is 91.2 Å². The number of amides is 3. The first-order valence-electron chi connectivity index (χ1n) is 48.4. The van der Waals surface area contributed by atoms with E-state index in [2.05, 4.69) is 128 Å². The minimum atomic E-state index is -2.23. The van der Waals surface area contributed by atoms with Crippen molar-refractivity contribution in [2.75, 3.05) is 50.7 Å². The molecule has 1 saturated heterocycles. The van der Waals surface area contributed by atoms with Crippen LogP contribution in [-0.4, -0.2) is 160 Å². The summed E-state index contributed by atoms with van der Waals surface area (Å²) < 4.78 is 94.7. The fraction of sp³-hybridized carbons (Fsp3) is 0.324. The van der Waals surface area contributed by atoms with Crippen molar-refractivity contribution >= 4 is 173 Å². The smallest absolute Gasteiger partial charge is 0.426 e. The highest BCUT2D eigenvalue weighted by atomic mass is 35.5. The third kappa shape index (κ3) is 31.8. The Hall–Kier alpha value is -12.0. The molecule has 38 heteroatoms. The summed E-state index contributed by atoms with van der Waals surface area (Å²) in [4.78, 5) is 65.7. The van der Waals surface area contributed by atoms with Gasteiger partial charge in [0.15, 0.2) is 16.9 Å². The topological polar surface area (TPSA) is 343 Å². The second-order valence-electron chi connectivity index (χ2n) is 42.5. The molecule has 1 aliphatic heterocycles. The molecule has 7 heterocycles. The highest BCUT2D eigenvalue weighted by Crippen LogP contribution is 2.42. The van der Waals surface area contributed by atoms with Gasteiger partial charge >= 0.3 is 25.1 Å². The van der Waals surface area contributed by atoms with E-state index in [0.29, 0.717) is 120 Å². The SMILES string of the molecule is CC(=O)NC(C)(C)c1ccc(Oc2nc3cc(Cl)c(-c4ccc(-c5ccc(N=S(C)(C)=O)cc5)cc4)nc3n2COCC[Si](C)(C)C)cc1.CC(=O)NC(C)(C)c1ccc(Oc2nc3cc(Cl)c(Cl)nc3n2COCC[Si](C)(C)C)cc1.CC(=O)NC(C)(C)c1ccc(Oc2nc3nc(-c4ccc(-c5ccc(N=S(C)(C)=O)cc5)cc4)c(Cl)cc3[nH]2)cc1.CC1(C)OB(c2ccc(-c3ccc(N=S(C)(C)=O)cc3)cc2)OC1(C)C. The van der Waals surface area contributed by atoms with Crippen LogP contribution in [0.1, 0.15) is 107 Å². The number of benzene rings is 9. The Morgan fingerprint density at radius 2 is 0.705 bits per heavy atom. The number of ether oxygens (including phenoxy) is 5. The van der Waals surface area contributed by atoms with Crippen molar-refractivity contribution in [1.82, 2.24) is 60.0 Å². The van der Waals surface area contributed by atoms with Crippen LogP contribution >= 0.6 is 46.4 Å². The molecule has 6 aromatic heterocycles. The van der Waals surface area contributed by atoms with Gasteiger partial charge in [-0.2, -0.15) is 28.0 Å². The molecule has 28 nitrogen and oxygen atoms in total. The Balaban J connectivity index is 0.000000170. The monoisotopic (exact) mass is 2180 g/mol. The number of nitrogens with zero attached hydrogens (tertiary/aromatic N) is 11. The summed E-state index contributed by atoms with van der Waals surface area (Å²) in [5.41, 5.74) is 16.4. The van der Waals surface area contributed by atoms with Crippen LogP contribution in [0.3, 0.4) is 0 Å². The average Bonchev–Trinajstić information content (AvgIpc) is 1.62. The van der Waals surface area contributed by atoms with E-state index in [1.807, 2.05) is 252 Å². The second kappa shape index (κ2) is 46.9. The van der Waals surface area contributed by atoms with E-state index < -0.39 is 62.0 Å². The van der Waals surface area contributed by atoms with Gasteiger partial charge in [0, 0.05) is 128 Å². The third-order valence-electron chi connectivity index (χ3n) is 24.2. The molecule has 0 radical (unpaired) electrons. The molecule has 9 aromatic carbocycles. The van der Waals surface area contributed by atoms with Crippen LogP contribution in [0.4, 0.5) is 17.1 Å². The van der Waals surface area contributed by atoms with Gasteiger partial charge in [-0.05, 0) is 228 Å². The number of H-pyrrole nitrogens is 1. The first kappa shape index (κ1) is 114. The molecule has 15 aromatic rings. The first-order valence-corrected chi connectivity index (χ1v) is 64.3. The summed E-state index contributed by atoms with van der Waals surface area (Å²) in [5, 5.41) is 10.3. The van der Waals surface area contributed by atoms with Gasteiger partial charge < -0.3 is 53.9 Å². The van der Waals surface area contributed by atoms with E-state index in [4.69, 9.17) is 94.3 Å². The number of carbonyl (C=O) groups excluding carboxylic acids is 3. The quantitative estimate of drug-likeness (QED) is 0.0178. The maximum Gasteiger partial charge on any atom is 0.494 e. The Bertz CT molecular complexity index is 7740. The molecule has 1 aliphatic rings. The van der Waals surface area contributed by atoms with Gasteiger partial charge in [-0.25, -0.2) is 27.6 Å². The normalized spacial score (nSPS) is 13.3. The molecular formula is C111H130BCl4N15O13S3Si2. The number of fused-ring (bicyclic) bond motifs is 3. The molecule has 149 heavy (non-hydrogen) atoms. The standard InChI is InChI=1S/C37H44ClN5O4SSi.C31H30ClN5O3S.C23H30Cl2N4O3Si.C20H26BNO3S/c1-25(44)41-37(2,3)29-15-19-31(20-16-29)47-36-39-33-23-32(38)34(40-35(33)43(36)24-46-21-22-49(6,7)8)28-11-9-26(10-12-28)27-13-17-30(18-14-27)42-48(4,5)45;1-19(38)36-31(2,3)23-12-16-25(17-13-23)40-30-33-27-18-26(32)28(34-29(27)35-30)22-8-6-20(7-9-22)21-10-14-24(15-11-21)37-41(4,5)39;1-15(30)28-23(2,3)16-7-9-17(10-8-16)32-22-26-19-13-18(24)20(25)27-21(19)29(22)14-31-11-12-33(4,5)6;1-19(2)20(3,4)25-21(24-19)17-11-7-15(8-12-17)16-9-13-18(14-10-16)22-26(5,6)23/h9-20,23H,21-22,24H2,1-8H3,(H,41,44);6-18H,1-5H3,(H,36,38)(H,33,34,35);7-10,13H,11-12,14H2,1-6H3,(H,28,30);7-14H,1-6H3. The van der Waals surface area contributed by atoms with Crippen molar-refractivity contribution in [2.24, 2.45) is 13.1 Å². The van der Waals surface area contributed by atoms with E-state index in [1.54, 1.807) is 60.3 Å². The maximum atomic E-state index is 12.1. The lowest BCUT2D eigenvalue weighted by Crippen LogP contribution is -2.41. The minimum absolute atomic E-state index is 0.0898. The van der Waals surface area contributed by atoms with Gasteiger partial charge in [-0.15, -0.1) is 0 Å². The number of rotatable bonds is 31. The zero-order chi connectivity index (χ0) is 108. The first-order chi connectivity index (χ1) is 69.7. The summed E-state index contributed by atoms with van der Waals surface area (Å²) in [6, 6.07) is 78.1. The molecule has 4 N–H and O–H groups in total. The van der Waals surface area contributed by atoms with Gasteiger partial charge in [-0.1, -0.05) is 231 Å². The minimum Gasteiger partial charge on any atom is -0.426 e. The number of imidazole rings is 3. The molecule has 0 unspecified atom stereocenters. The number of aromatic amines is 1. The van der Waals surface area contributed by atoms with E-state index in [-0.39, 0.29) is 54.7 Å². The predicted molar refractivity (Wildman–Crippen MR) is 613 cm³/mol. The molecule has 0 bridgehead atoms. The molecule has 16 rings (SSSR count). The van der Waals surface area contributed by atoms with Crippen molar-refractivity contribution < 1.29 is 60.0 Å². The number of nitrogens with one attached hydrogen (secondary N) is 4. The second-order valence-corrected chi connectivity index (χ2v) is 62.9. The average molecular weight is 2190 g/mol. The molecular weight excluding hydrogens is 2060 g/mol. The molecule has 0 aliphatic carbocycles.